The molecule has 0 atom stereocenters. The first-order valence-corrected chi connectivity index (χ1v) is 8.02. The molecule has 1 aliphatic rings. The highest BCUT2D eigenvalue weighted by Crippen LogP contribution is 2.26. The van der Waals surface area contributed by atoms with Gasteiger partial charge in [0.05, 0.1) is 6.61 Å². The van der Waals surface area contributed by atoms with Crippen LogP contribution in [0.25, 0.3) is 0 Å². The van der Waals surface area contributed by atoms with E-state index < -0.39 is 0 Å². The van der Waals surface area contributed by atoms with Crippen LogP contribution in [0.3, 0.4) is 0 Å². The second-order valence-corrected chi connectivity index (χ2v) is 5.99. The Bertz CT molecular complexity index is 746. The summed E-state index contributed by atoms with van der Waals surface area (Å²) >= 11 is 0. The van der Waals surface area contributed by atoms with Crippen molar-refractivity contribution < 1.29 is 14.3 Å². The van der Waals surface area contributed by atoms with Gasteiger partial charge in [0.2, 0.25) is 0 Å². The molecule has 0 aromatic heterocycles. The van der Waals surface area contributed by atoms with Gasteiger partial charge in [-0.2, -0.15) is 0 Å². The van der Waals surface area contributed by atoms with Crippen LogP contribution in [-0.2, 0) is 6.42 Å². The van der Waals surface area contributed by atoms with Gasteiger partial charge in [-0.1, -0.05) is 23.8 Å². The lowest BCUT2D eigenvalue weighted by Gasteiger charge is -2.17. The molecule has 0 spiro atoms. The highest BCUT2D eigenvalue weighted by molar-refractivity contribution is 6.02. The van der Waals surface area contributed by atoms with Crippen LogP contribution in [0, 0.1) is 6.92 Å². The number of hydrogen-bond donors (Lipinski definition) is 0. The van der Waals surface area contributed by atoms with E-state index in [4.69, 9.17) is 4.74 Å². The molecule has 0 radical (unpaired) electrons. The van der Waals surface area contributed by atoms with Gasteiger partial charge in [-0.05, 0) is 49.6 Å². The van der Waals surface area contributed by atoms with Crippen LogP contribution in [0.15, 0.2) is 42.5 Å². The third-order valence-electron chi connectivity index (χ3n) is 4.15. The van der Waals surface area contributed by atoms with E-state index in [1.165, 1.54) is 0 Å². The quantitative estimate of drug-likeness (QED) is 0.779. The normalized spacial score (nSPS) is 13.1. The van der Waals surface area contributed by atoms with Crippen molar-refractivity contribution in [1.29, 1.82) is 0 Å². The van der Waals surface area contributed by atoms with Crippen molar-refractivity contribution in [1.82, 2.24) is 0 Å². The Morgan fingerprint density at radius 2 is 1.74 bits per heavy atom. The molecule has 0 amide bonds. The van der Waals surface area contributed by atoms with Gasteiger partial charge in [0.15, 0.2) is 11.6 Å². The molecule has 118 valence electrons. The summed E-state index contributed by atoms with van der Waals surface area (Å²) in [5.74, 6) is 0.909. The van der Waals surface area contributed by atoms with Gasteiger partial charge in [-0.25, -0.2) is 0 Å². The zero-order chi connectivity index (χ0) is 16.2. The molecule has 0 bridgehead atoms. The molecule has 1 aliphatic heterocycles. The number of Topliss-reactive ketones (excluding diaryl/α,β-unsaturated/α-hetero) is 2. The Morgan fingerprint density at radius 3 is 2.48 bits per heavy atom. The lowest BCUT2D eigenvalue weighted by Crippen LogP contribution is -2.10. The third-order valence-corrected chi connectivity index (χ3v) is 4.15. The summed E-state index contributed by atoms with van der Waals surface area (Å²) in [4.78, 5) is 24.5. The molecule has 0 N–H and O–H groups in total. The Hall–Kier alpha value is -2.42. The lowest BCUT2D eigenvalue weighted by atomic mass is 9.97. The SMILES string of the molecule is Cc1cccc(C(=O)CCC(=O)c2ccc3c(c2)CCCO3)c1. The predicted octanol–water partition coefficient (Wildman–Crippen LogP) is 4.17. The van der Waals surface area contributed by atoms with Gasteiger partial charge < -0.3 is 4.74 Å². The van der Waals surface area contributed by atoms with Crippen molar-refractivity contribution >= 4 is 11.6 Å². The van der Waals surface area contributed by atoms with Crippen LogP contribution in [0.2, 0.25) is 0 Å². The summed E-state index contributed by atoms with van der Waals surface area (Å²) < 4.78 is 5.56. The molecular weight excluding hydrogens is 288 g/mol. The average Bonchev–Trinajstić information content (AvgIpc) is 2.59. The monoisotopic (exact) mass is 308 g/mol. The van der Waals surface area contributed by atoms with E-state index in [-0.39, 0.29) is 24.4 Å². The summed E-state index contributed by atoms with van der Waals surface area (Å²) in [6.45, 7) is 2.70. The van der Waals surface area contributed by atoms with Gasteiger partial charge in [-0.15, -0.1) is 0 Å². The van der Waals surface area contributed by atoms with E-state index >= 15 is 0 Å². The summed E-state index contributed by atoms with van der Waals surface area (Å²) in [7, 11) is 0. The number of aryl methyl sites for hydroxylation is 2. The van der Waals surface area contributed by atoms with E-state index in [9.17, 15) is 9.59 Å². The molecule has 0 saturated heterocycles. The Balaban J connectivity index is 1.64. The fourth-order valence-corrected chi connectivity index (χ4v) is 2.87. The van der Waals surface area contributed by atoms with Crippen LogP contribution in [-0.4, -0.2) is 18.2 Å². The fourth-order valence-electron chi connectivity index (χ4n) is 2.87. The van der Waals surface area contributed by atoms with Gasteiger partial charge in [0.25, 0.3) is 0 Å². The Labute approximate surface area is 136 Å². The number of fused-ring (bicyclic) bond motifs is 1. The number of ketones is 2. The summed E-state index contributed by atoms with van der Waals surface area (Å²) in [5.41, 5.74) is 3.49. The van der Waals surface area contributed by atoms with Gasteiger partial charge in [0.1, 0.15) is 5.75 Å². The van der Waals surface area contributed by atoms with Crippen molar-refractivity contribution in [2.45, 2.75) is 32.6 Å². The number of ether oxygens (including phenoxy) is 1. The smallest absolute Gasteiger partial charge is 0.163 e. The topological polar surface area (TPSA) is 43.4 Å². The first-order valence-electron chi connectivity index (χ1n) is 8.02. The molecule has 0 saturated carbocycles. The number of rotatable bonds is 5. The van der Waals surface area contributed by atoms with Gasteiger partial charge >= 0.3 is 0 Å². The van der Waals surface area contributed by atoms with E-state index in [2.05, 4.69) is 0 Å². The molecule has 2 aromatic carbocycles. The molecule has 3 rings (SSSR count). The fraction of sp³-hybridized carbons (Fsp3) is 0.300. The van der Waals surface area contributed by atoms with E-state index in [1.54, 1.807) is 12.1 Å². The zero-order valence-corrected chi connectivity index (χ0v) is 13.3. The van der Waals surface area contributed by atoms with E-state index in [1.807, 2.05) is 37.3 Å². The summed E-state index contributed by atoms with van der Waals surface area (Å²) in [6, 6.07) is 13.1. The van der Waals surface area contributed by atoms with Crippen molar-refractivity contribution in [2.75, 3.05) is 6.61 Å². The van der Waals surface area contributed by atoms with Crippen LogP contribution < -0.4 is 4.74 Å². The summed E-state index contributed by atoms with van der Waals surface area (Å²) in [5, 5.41) is 0. The molecule has 0 aliphatic carbocycles. The first-order chi connectivity index (χ1) is 11.1. The van der Waals surface area contributed by atoms with Crippen molar-refractivity contribution in [3.05, 3.63) is 64.7 Å². The van der Waals surface area contributed by atoms with E-state index in [0.717, 1.165) is 36.3 Å². The molecule has 0 unspecified atom stereocenters. The van der Waals surface area contributed by atoms with Crippen molar-refractivity contribution in [3.8, 4) is 5.75 Å². The minimum absolute atomic E-state index is 0.0133. The minimum Gasteiger partial charge on any atom is -0.493 e. The Morgan fingerprint density at radius 1 is 1.00 bits per heavy atom. The second kappa shape index (κ2) is 6.78. The second-order valence-electron chi connectivity index (χ2n) is 5.99. The molecule has 23 heavy (non-hydrogen) atoms. The zero-order valence-electron chi connectivity index (χ0n) is 13.3. The highest BCUT2D eigenvalue weighted by atomic mass is 16.5. The van der Waals surface area contributed by atoms with E-state index in [0.29, 0.717) is 11.1 Å². The molecule has 3 nitrogen and oxygen atoms in total. The molecule has 1 heterocycles. The highest BCUT2D eigenvalue weighted by Gasteiger charge is 2.15. The maximum absolute atomic E-state index is 12.3. The summed E-state index contributed by atoms with van der Waals surface area (Å²) in [6.07, 6.45) is 2.41. The minimum atomic E-state index is 0.0133. The van der Waals surface area contributed by atoms with Crippen molar-refractivity contribution in [2.24, 2.45) is 0 Å². The molecule has 2 aromatic rings. The van der Waals surface area contributed by atoms with Crippen molar-refractivity contribution in [3.63, 3.8) is 0 Å². The first kappa shape index (κ1) is 15.5. The largest absolute Gasteiger partial charge is 0.493 e. The predicted molar refractivity (Wildman–Crippen MR) is 89.3 cm³/mol. The number of hydrogen-bond acceptors (Lipinski definition) is 3. The van der Waals surface area contributed by atoms with Crippen LogP contribution in [0.5, 0.6) is 5.75 Å². The van der Waals surface area contributed by atoms with Crippen LogP contribution in [0.1, 0.15) is 51.1 Å². The third kappa shape index (κ3) is 3.67. The number of carbonyl (C=O) groups is 2. The van der Waals surface area contributed by atoms with Gasteiger partial charge in [0, 0.05) is 24.0 Å². The maximum atomic E-state index is 12.3. The Kier molecular flexibility index (Phi) is 4.56. The molecular formula is C20H20O3. The standard InChI is InChI=1S/C20H20O3/c1-14-4-2-5-15(12-14)18(21)8-9-19(22)16-7-10-20-17(13-16)6-3-11-23-20/h2,4-5,7,10,12-13H,3,6,8-9,11H2,1H3. The number of carbonyl (C=O) groups excluding carboxylic acids is 2. The maximum Gasteiger partial charge on any atom is 0.163 e. The van der Waals surface area contributed by atoms with Gasteiger partial charge in [-0.3, -0.25) is 9.59 Å². The van der Waals surface area contributed by atoms with Crippen LogP contribution >= 0.6 is 0 Å². The molecule has 3 heteroatoms. The van der Waals surface area contributed by atoms with Crippen LogP contribution in [0.4, 0.5) is 0 Å². The average molecular weight is 308 g/mol. The number of benzene rings is 2. The molecule has 0 fully saturated rings. The lowest BCUT2D eigenvalue weighted by molar-refractivity contribution is 0.0917.